The number of carboxylic acid groups (broad SMARTS) is 1. The monoisotopic (exact) mass is 292 g/mol. The van der Waals surface area contributed by atoms with E-state index in [1.165, 1.54) is 4.90 Å². The van der Waals surface area contributed by atoms with Gasteiger partial charge in [0.1, 0.15) is 17.5 Å². The molecule has 1 aliphatic heterocycles. The average Bonchev–Trinajstić information content (AvgIpc) is 2.54. The molecule has 0 saturated carbocycles. The van der Waals surface area contributed by atoms with E-state index < -0.39 is 6.09 Å². The van der Waals surface area contributed by atoms with E-state index in [4.69, 9.17) is 4.74 Å². The van der Waals surface area contributed by atoms with Gasteiger partial charge in [-0.25, -0.2) is 4.79 Å². The minimum atomic E-state index is -0.935. The number of pyridine rings is 1. The van der Waals surface area contributed by atoms with Crippen LogP contribution in [0.1, 0.15) is 46.4 Å². The quantitative estimate of drug-likeness (QED) is 0.859. The van der Waals surface area contributed by atoms with E-state index in [0.29, 0.717) is 18.0 Å². The lowest BCUT2D eigenvalue weighted by atomic mass is 9.78. The molecule has 0 saturated heterocycles. The summed E-state index contributed by atoms with van der Waals surface area (Å²) in [5.41, 5.74) is 0.716. The van der Waals surface area contributed by atoms with E-state index >= 15 is 0 Å². The molecule has 116 valence electrons. The molecule has 0 spiro atoms. The topological polar surface area (TPSA) is 62.7 Å². The van der Waals surface area contributed by atoms with Crippen LogP contribution in [0.5, 0.6) is 5.75 Å². The van der Waals surface area contributed by atoms with Crippen molar-refractivity contribution in [3.63, 3.8) is 0 Å². The van der Waals surface area contributed by atoms with Crippen molar-refractivity contribution < 1.29 is 14.6 Å². The van der Waals surface area contributed by atoms with Gasteiger partial charge in [-0.05, 0) is 30.4 Å². The van der Waals surface area contributed by atoms with Crippen molar-refractivity contribution in [3.8, 4) is 5.75 Å². The summed E-state index contributed by atoms with van der Waals surface area (Å²) in [5, 5.41) is 9.50. The van der Waals surface area contributed by atoms with Crippen molar-refractivity contribution in [1.29, 1.82) is 0 Å². The maximum atomic E-state index is 11.6. The molecule has 1 N–H and O–H groups in total. The van der Waals surface area contributed by atoms with E-state index in [1.54, 1.807) is 6.20 Å². The van der Waals surface area contributed by atoms with Gasteiger partial charge in [-0.2, -0.15) is 0 Å². The Balaban J connectivity index is 2.42. The van der Waals surface area contributed by atoms with Gasteiger partial charge in [0.05, 0.1) is 12.6 Å². The van der Waals surface area contributed by atoms with Crippen LogP contribution < -0.4 is 4.74 Å². The Kier molecular flexibility index (Phi) is 4.12. The van der Waals surface area contributed by atoms with Crippen LogP contribution in [0.3, 0.4) is 0 Å². The molecule has 3 atom stereocenters. The molecule has 1 aromatic heterocycles. The predicted octanol–water partition coefficient (Wildman–Crippen LogP) is 3.57. The lowest BCUT2D eigenvalue weighted by Crippen LogP contribution is -2.44. The summed E-state index contributed by atoms with van der Waals surface area (Å²) in [6.07, 6.45) is 0.552. The van der Waals surface area contributed by atoms with Crippen LogP contribution >= 0.6 is 0 Å². The Morgan fingerprint density at radius 3 is 2.76 bits per heavy atom. The van der Waals surface area contributed by atoms with Crippen LogP contribution in [-0.2, 0) is 0 Å². The second-order valence-corrected chi connectivity index (χ2v) is 6.81. The predicted molar refractivity (Wildman–Crippen MR) is 80.4 cm³/mol. The fourth-order valence-electron chi connectivity index (χ4n) is 2.58. The highest BCUT2D eigenvalue weighted by Gasteiger charge is 2.38. The first-order valence-electron chi connectivity index (χ1n) is 7.33. The Hall–Kier alpha value is -1.78. The van der Waals surface area contributed by atoms with E-state index in [9.17, 15) is 9.90 Å². The minimum absolute atomic E-state index is 0.0325. The molecule has 1 unspecified atom stereocenters. The summed E-state index contributed by atoms with van der Waals surface area (Å²) in [7, 11) is 0. The Morgan fingerprint density at radius 1 is 1.52 bits per heavy atom. The Morgan fingerprint density at radius 2 is 2.19 bits per heavy atom. The Bertz CT molecular complexity index is 524. The molecule has 2 rings (SSSR count). The van der Waals surface area contributed by atoms with E-state index in [-0.39, 0.29) is 23.5 Å². The van der Waals surface area contributed by atoms with Crippen molar-refractivity contribution in [1.82, 2.24) is 9.88 Å². The molecule has 0 bridgehead atoms. The number of fused-ring (bicyclic) bond motifs is 1. The number of rotatable bonds is 1. The zero-order chi connectivity index (χ0) is 15.8. The van der Waals surface area contributed by atoms with Gasteiger partial charge >= 0.3 is 6.09 Å². The molecule has 2 heterocycles. The van der Waals surface area contributed by atoms with Crippen molar-refractivity contribution in [2.24, 2.45) is 11.3 Å². The molecule has 5 heteroatoms. The zero-order valence-corrected chi connectivity index (χ0v) is 13.3. The first kappa shape index (κ1) is 15.6. The van der Waals surface area contributed by atoms with Gasteiger partial charge in [0.15, 0.2) is 0 Å². The first-order chi connectivity index (χ1) is 9.71. The van der Waals surface area contributed by atoms with Crippen LogP contribution in [-0.4, -0.2) is 33.7 Å². The van der Waals surface area contributed by atoms with Gasteiger partial charge in [0, 0.05) is 6.20 Å². The molecule has 1 amide bonds. The average molecular weight is 292 g/mol. The maximum absolute atomic E-state index is 11.6. The summed E-state index contributed by atoms with van der Waals surface area (Å²) in [6, 6.07) is 3.38. The molecule has 5 nitrogen and oxygen atoms in total. The summed E-state index contributed by atoms with van der Waals surface area (Å²) in [6.45, 7) is 10.7. The van der Waals surface area contributed by atoms with Gasteiger partial charge in [-0.15, -0.1) is 0 Å². The van der Waals surface area contributed by atoms with Crippen molar-refractivity contribution in [2.75, 3.05) is 6.54 Å². The smallest absolute Gasteiger partial charge is 0.407 e. The second kappa shape index (κ2) is 5.54. The Labute approximate surface area is 125 Å². The van der Waals surface area contributed by atoms with E-state index in [1.807, 2.05) is 19.1 Å². The SMILES string of the molecule is CC([C@@H]1CN(C(=O)O)[C@@H](C)c2ncccc2O1)C(C)(C)C. The number of hydrogen-bond donors (Lipinski definition) is 1. The number of ether oxygens (including phenoxy) is 1. The molecule has 0 fully saturated rings. The lowest BCUT2D eigenvalue weighted by molar-refractivity contribution is 0.0445. The van der Waals surface area contributed by atoms with Gasteiger partial charge in [0.25, 0.3) is 0 Å². The van der Waals surface area contributed by atoms with Crippen LogP contribution in [0.2, 0.25) is 0 Å². The number of aromatic nitrogens is 1. The summed E-state index contributed by atoms with van der Waals surface area (Å²) >= 11 is 0. The molecule has 0 aromatic carbocycles. The van der Waals surface area contributed by atoms with Gasteiger partial charge in [0.2, 0.25) is 0 Å². The molecule has 1 aliphatic rings. The fourth-order valence-corrected chi connectivity index (χ4v) is 2.58. The van der Waals surface area contributed by atoms with E-state index in [0.717, 1.165) is 0 Å². The lowest BCUT2D eigenvalue weighted by Gasteiger charge is -2.35. The minimum Gasteiger partial charge on any atom is -0.486 e. The molecule has 0 aliphatic carbocycles. The number of nitrogens with zero attached hydrogens (tertiary/aromatic N) is 2. The second-order valence-electron chi connectivity index (χ2n) is 6.81. The number of amides is 1. The molecule has 21 heavy (non-hydrogen) atoms. The highest BCUT2D eigenvalue weighted by atomic mass is 16.5. The molecule has 0 radical (unpaired) electrons. The van der Waals surface area contributed by atoms with Crippen LogP contribution in [0, 0.1) is 11.3 Å². The summed E-state index contributed by atoms with van der Waals surface area (Å²) in [4.78, 5) is 17.3. The van der Waals surface area contributed by atoms with Crippen LogP contribution in [0.15, 0.2) is 18.3 Å². The third-order valence-corrected chi connectivity index (χ3v) is 4.49. The summed E-state index contributed by atoms with van der Waals surface area (Å²) in [5.74, 6) is 0.896. The number of carbonyl (C=O) groups is 1. The van der Waals surface area contributed by atoms with Gasteiger partial charge < -0.3 is 9.84 Å². The normalized spacial score (nSPS) is 23.8. The summed E-state index contributed by atoms with van der Waals surface area (Å²) < 4.78 is 6.13. The molecule has 1 aromatic rings. The number of hydrogen-bond acceptors (Lipinski definition) is 3. The largest absolute Gasteiger partial charge is 0.486 e. The van der Waals surface area contributed by atoms with E-state index in [2.05, 4.69) is 32.7 Å². The molecular weight excluding hydrogens is 268 g/mol. The highest BCUT2D eigenvalue weighted by Crippen LogP contribution is 2.37. The van der Waals surface area contributed by atoms with Crippen LogP contribution in [0.25, 0.3) is 0 Å². The van der Waals surface area contributed by atoms with Crippen molar-refractivity contribution in [3.05, 3.63) is 24.0 Å². The fraction of sp³-hybridized carbons (Fsp3) is 0.625. The first-order valence-corrected chi connectivity index (χ1v) is 7.33. The van der Waals surface area contributed by atoms with Crippen molar-refractivity contribution >= 4 is 6.09 Å². The van der Waals surface area contributed by atoms with Crippen LogP contribution in [0.4, 0.5) is 4.79 Å². The third-order valence-electron chi connectivity index (χ3n) is 4.49. The standard InChI is InChI=1S/C16H24N2O3/c1-10(16(3,4)5)13-9-18(15(19)20)11(2)14-12(21-13)7-6-8-17-14/h6-8,10-11,13H,9H2,1-5H3,(H,19,20)/t10?,11-,13-/m0/s1. The van der Waals surface area contributed by atoms with Crippen molar-refractivity contribution in [2.45, 2.75) is 46.8 Å². The highest BCUT2D eigenvalue weighted by molar-refractivity contribution is 5.66. The zero-order valence-electron chi connectivity index (χ0n) is 13.3. The van der Waals surface area contributed by atoms with Gasteiger partial charge in [-0.1, -0.05) is 27.7 Å². The third kappa shape index (κ3) is 3.12. The molecular formula is C16H24N2O3. The van der Waals surface area contributed by atoms with Gasteiger partial charge in [-0.3, -0.25) is 9.88 Å². The maximum Gasteiger partial charge on any atom is 0.407 e.